The molecule has 2 aromatic rings. The number of amides is 1. The van der Waals surface area contributed by atoms with Crippen molar-refractivity contribution >= 4 is 5.91 Å². The van der Waals surface area contributed by atoms with Crippen molar-refractivity contribution in [2.45, 2.75) is 12.7 Å². The number of hydrogen-bond donors (Lipinski definition) is 1. The molecule has 1 amide bonds. The van der Waals surface area contributed by atoms with Crippen molar-refractivity contribution in [2.75, 3.05) is 7.05 Å². The fourth-order valence-electron chi connectivity index (χ4n) is 1.83. The first-order chi connectivity index (χ1) is 9.39. The first kappa shape index (κ1) is 14.1. The largest absolute Gasteiger partial charge is 0.416 e. The van der Waals surface area contributed by atoms with Crippen LogP contribution in [0.2, 0.25) is 0 Å². The molecule has 0 fully saturated rings. The fourth-order valence-corrected chi connectivity index (χ4v) is 1.83. The van der Waals surface area contributed by atoms with E-state index in [9.17, 15) is 18.0 Å². The zero-order chi connectivity index (χ0) is 14.8. The van der Waals surface area contributed by atoms with Gasteiger partial charge >= 0.3 is 6.18 Å². The fraction of sp³-hybridized carbons (Fsp3) is 0.231. The summed E-state index contributed by atoms with van der Waals surface area (Å²) in [5.74, 6) is -0.371. The second-order valence-corrected chi connectivity index (χ2v) is 4.25. The molecule has 0 radical (unpaired) electrons. The Morgan fingerprint density at radius 3 is 2.65 bits per heavy atom. The van der Waals surface area contributed by atoms with Crippen LogP contribution >= 0.6 is 0 Å². The van der Waals surface area contributed by atoms with Crippen molar-refractivity contribution in [2.24, 2.45) is 0 Å². The van der Waals surface area contributed by atoms with Crippen molar-refractivity contribution < 1.29 is 18.0 Å². The molecule has 0 saturated carbocycles. The number of H-pyrrole nitrogens is 1. The van der Waals surface area contributed by atoms with Crippen LogP contribution in [0.15, 0.2) is 36.7 Å². The van der Waals surface area contributed by atoms with Crippen LogP contribution in [0, 0.1) is 0 Å². The highest BCUT2D eigenvalue weighted by atomic mass is 19.4. The third-order valence-electron chi connectivity index (χ3n) is 2.78. The summed E-state index contributed by atoms with van der Waals surface area (Å²) in [6.07, 6.45) is -1.55. The molecule has 0 saturated heterocycles. The summed E-state index contributed by atoms with van der Waals surface area (Å²) in [6.45, 7) is -0.144. The summed E-state index contributed by atoms with van der Waals surface area (Å²) in [5, 5.41) is 0. The second-order valence-electron chi connectivity index (χ2n) is 4.25. The molecule has 1 aromatic carbocycles. The molecular weight excluding hydrogens is 271 g/mol. The Hall–Kier alpha value is -2.31. The van der Waals surface area contributed by atoms with Gasteiger partial charge in [-0.05, 0) is 11.6 Å². The van der Waals surface area contributed by atoms with E-state index < -0.39 is 17.6 Å². The summed E-state index contributed by atoms with van der Waals surface area (Å²) in [6, 6.07) is 5.19. The first-order valence-electron chi connectivity index (χ1n) is 5.79. The first-order valence-corrected chi connectivity index (χ1v) is 5.79. The predicted octanol–water partition coefficient (Wildman–Crippen LogP) is 2.70. The van der Waals surface area contributed by atoms with E-state index in [1.165, 1.54) is 42.5 Å². The number of rotatable bonds is 3. The molecule has 1 aromatic heterocycles. The number of hydrogen-bond acceptors (Lipinski definition) is 2. The minimum Gasteiger partial charge on any atom is -0.341 e. The minimum absolute atomic E-state index is 0.0439. The minimum atomic E-state index is -4.44. The highest BCUT2D eigenvalue weighted by Gasteiger charge is 2.33. The Morgan fingerprint density at radius 1 is 1.35 bits per heavy atom. The van der Waals surface area contributed by atoms with Gasteiger partial charge in [0.2, 0.25) is 0 Å². The van der Waals surface area contributed by atoms with Crippen LogP contribution in [0.3, 0.4) is 0 Å². The van der Waals surface area contributed by atoms with Gasteiger partial charge in [0, 0.05) is 26.0 Å². The number of aromatic amines is 1. The summed E-state index contributed by atoms with van der Waals surface area (Å²) in [7, 11) is 1.43. The van der Waals surface area contributed by atoms with Gasteiger partial charge in [-0.2, -0.15) is 13.2 Å². The van der Waals surface area contributed by atoms with E-state index in [-0.39, 0.29) is 17.9 Å². The Bertz CT molecular complexity index is 593. The van der Waals surface area contributed by atoms with Gasteiger partial charge in [0.1, 0.15) is 0 Å². The van der Waals surface area contributed by atoms with Gasteiger partial charge in [-0.1, -0.05) is 18.2 Å². The average molecular weight is 283 g/mol. The molecule has 0 aliphatic rings. The maximum absolute atomic E-state index is 12.9. The number of nitrogens with one attached hydrogen (secondary N) is 1. The third-order valence-corrected chi connectivity index (χ3v) is 2.78. The molecule has 20 heavy (non-hydrogen) atoms. The molecule has 0 atom stereocenters. The van der Waals surface area contributed by atoms with E-state index in [4.69, 9.17) is 0 Å². The zero-order valence-electron chi connectivity index (χ0n) is 10.6. The lowest BCUT2D eigenvalue weighted by Crippen LogP contribution is -2.28. The van der Waals surface area contributed by atoms with Crippen LogP contribution in [0.1, 0.15) is 21.7 Å². The van der Waals surface area contributed by atoms with Gasteiger partial charge in [0.05, 0.1) is 5.56 Å². The van der Waals surface area contributed by atoms with Crippen LogP contribution < -0.4 is 0 Å². The normalized spacial score (nSPS) is 11.4. The molecule has 4 nitrogen and oxygen atoms in total. The van der Waals surface area contributed by atoms with E-state index >= 15 is 0 Å². The van der Waals surface area contributed by atoms with E-state index in [2.05, 4.69) is 9.97 Å². The number of aromatic nitrogens is 2. The number of carbonyl (C=O) groups excluding carboxylic acids is 1. The number of nitrogens with zero attached hydrogens (tertiary/aromatic N) is 2. The Balaban J connectivity index is 2.20. The summed E-state index contributed by atoms with van der Waals surface area (Å²) in [4.78, 5) is 19.5. The Labute approximate surface area is 113 Å². The number of alkyl halides is 3. The number of halogens is 3. The highest BCUT2D eigenvalue weighted by Crippen LogP contribution is 2.32. The van der Waals surface area contributed by atoms with Crippen molar-refractivity contribution in [3.8, 4) is 0 Å². The SMILES string of the molecule is CN(Cc1ccccc1C(F)(F)F)C(=O)c1ncc[nH]1. The van der Waals surface area contributed by atoms with Crippen molar-refractivity contribution in [3.63, 3.8) is 0 Å². The number of imidazole rings is 1. The van der Waals surface area contributed by atoms with Gasteiger partial charge in [-0.3, -0.25) is 4.79 Å². The molecule has 2 rings (SSSR count). The van der Waals surface area contributed by atoms with E-state index in [1.54, 1.807) is 0 Å². The van der Waals surface area contributed by atoms with Gasteiger partial charge in [0.15, 0.2) is 5.82 Å². The molecule has 0 aliphatic heterocycles. The topological polar surface area (TPSA) is 49.0 Å². The standard InChI is InChI=1S/C13H12F3N3O/c1-19(12(20)11-17-6-7-18-11)8-9-4-2-3-5-10(9)13(14,15)16/h2-7H,8H2,1H3,(H,17,18). The molecule has 0 aliphatic carbocycles. The van der Waals surface area contributed by atoms with Crippen LogP contribution in [-0.4, -0.2) is 27.8 Å². The van der Waals surface area contributed by atoms with Gasteiger partial charge in [-0.15, -0.1) is 0 Å². The highest BCUT2D eigenvalue weighted by molar-refractivity contribution is 5.90. The molecule has 106 valence electrons. The summed E-state index contributed by atoms with van der Waals surface area (Å²) in [5.41, 5.74) is -0.693. The lowest BCUT2D eigenvalue weighted by Gasteiger charge is -2.19. The van der Waals surface area contributed by atoms with E-state index in [1.807, 2.05) is 0 Å². The number of carbonyl (C=O) groups is 1. The lowest BCUT2D eigenvalue weighted by atomic mass is 10.1. The van der Waals surface area contributed by atoms with Crippen LogP contribution in [-0.2, 0) is 12.7 Å². The van der Waals surface area contributed by atoms with Crippen LogP contribution in [0.5, 0.6) is 0 Å². The number of benzene rings is 1. The molecule has 1 heterocycles. The molecule has 0 spiro atoms. The summed E-state index contributed by atoms with van der Waals surface area (Å²) < 4.78 is 38.6. The zero-order valence-corrected chi connectivity index (χ0v) is 10.6. The summed E-state index contributed by atoms with van der Waals surface area (Å²) >= 11 is 0. The molecule has 0 unspecified atom stereocenters. The molecule has 7 heteroatoms. The smallest absolute Gasteiger partial charge is 0.341 e. The third kappa shape index (κ3) is 2.98. The Kier molecular flexibility index (Phi) is 3.78. The van der Waals surface area contributed by atoms with E-state index in [0.717, 1.165) is 6.07 Å². The van der Waals surface area contributed by atoms with Gasteiger partial charge in [0.25, 0.3) is 5.91 Å². The lowest BCUT2D eigenvalue weighted by molar-refractivity contribution is -0.138. The van der Waals surface area contributed by atoms with Crippen LogP contribution in [0.4, 0.5) is 13.2 Å². The van der Waals surface area contributed by atoms with Crippen LogP contribution in [0.25, 0.3) is 0 Å². The maximum Gasteiger partial charge on any atom is 0.416 e. The van der Waals surface area contributed by atoms with E-state index in [0.29, 0.717) is 0 Å². The van der Waals surface area contributed by atoms with Gasteiger partial charge < -0.3 is 9.88 Å². The molecule has 1 N–H and O–H groups in total. The predicted molar refractivity (Wildman–Crippen MR) is 65.8 cm³/mol. The van der Waals surface area contributed by atoms with Crippen molar-refractivity contribution in [1.29, 1.82) is 0 Å². The van der Waals surface area contributed by atoms with Crippen molar-refractivity contribution in [1.82, 2.24) is 14.9 Å². The molecule has 0 bridgehead atoms. The van der Waals surface area contributed by atoms with Gasteiger partial charge in [-0.25, -0.2) is 4.98 Å². The molecular formula is C13H12F3N3O. The monoisotopic (exact) mass is 283 g/mol. The maximum atomic E-state index is 12.9. The quantitative estimate of drug-likeness (QED) is 0.941. The second kappa shape index (κ2) is 5.36. The Morgan fingerprint density at radius 2 is 2.05 bits per heavy atom. The average Bonchev–Trinajstić information content (AvgIpc) is 2.91. The van der Waals surface area contributed by atoms with Crippen molar-refractivity contribution in [3.05, 3.63) is 53.6 Å².